The minimum absolute atomic E-state index is 0.202. The molecule has 2 aromatic heterocycles. The molecule has 2 heterocycles. The number of carbonyl (C=O) groups is 1. The van der Waals surface area contributed by atoms with Crippen molar-refractivity contribution in [1.29, 1.82) is 0 Å². The number of amides is 1. The third-order valence-electron chi connectivity index (χ3n) is 4.28. The minimum atomic E-state index is -0.356. The van der Waals surface area contributed by atoms with Crippen LogP contribution in [0.4, 0.5) is 5.82 Å². The van der Waals surface area contributed by atoms with Crippen molar-refractivity contribution in [2.75, 3.05) is 19.5 Å². The number of pyridine rings is 1. The van der Waals surface area contributed by atoms with Crippen LogP contribution < -0.4 is 14.8 Å². The van der Waals surface area contributed by atoms with Crippen LogP contribution in [0.1, 0.15) is 36.8 Å². The molecule has 0 fully saturated rings. The third-order valence-corrected chi connectivity index (χ3v) is 4.56. The van der Waals surface area contributed by atoms with Crippen molar-refractivity contribution >= 4 is 23.3 Å². The lowest BCUT2D eigenvalue weighted by molar-refractivity contribution is 0.102. The van der Waals surface area contributed by atoms with E-state index in [1.165, 1.54) is 20.3 Å². The molecule has 0 atom stereocenters. The Balaban J connectivity index is 2.01. The van der Waals surface area contributed by atoms with Crippen molar-refractivity contribution in [3.05, 3.63) is 58.9 Å². The molecular formula is C21H23ClN4O3. The zero-order valence-electron chi connectivity index (χ0n) is 17.0. The van der Waals surface area contributed by atoms with Crippen LogP contribution >= 0.6 is 11.6 Å². The summed E-state index contributed by atoms with van der Waals surface area (Å²) < 4.78 is 12.1. The molecule has 152 valence electrons. The van der Waals surface area contributed by atoms with Crippen molar-refractivity contribution in [2.45, 2.75) is 26.2 Å². The van der Waals surface area contributed by atoms with E-state index >= 15 is 0 Å². The first-order chi connectivity index (χ1) is 13.7. The summed E-state index contributed by atoms with van der Waals surface area (Å²) in [5.41, 5.74) is 0.953. The Kier molecular flexibility index (Phi) is 5.79. The lowest BCUT2D eigenvalue weighted by Gasteiger charge is -2.13. The minimum Gasteiger partial charge on any atom is -0.493 e. The van der Waals surface area contributed by atoms with Crippen LogP contribution in [-0.2, 0) is 5.41 Å². The molecule has 0 saturated heterocycles. The highest BCUT2D eigenvalue weighted by molar-refractivity contribution is 6.32. The Hall–Kier alpha value is -3.06. The summed E-state index contributed by atoms with van der Waals surface area (Å²) in [5.74, 6) is 1.50. The van der Waals surface area contributed by atoms with Gasteiger partial charge in [-0.15, -0.1) is 0 Å². The monoisotopic (exact) mass is 414 g/mol. The van der Waals surface area contributed by atoms with Gasteiger partial charge in [-0.2, -0.15) is 9.78 Å². The summed E-state index contributed by atoms with van der Waals surface area (Å²) in [5, 5.41) is 7.83. The van der Waals surface area contributed by atoms with Gasteiger partial charge in [0.1, 0.15) is 5.82 Å². The summed E-state index contributed by atoms with van der Waals surface area (Å²) in [6.07, 6.45) is 1.67. The summed E-state index contributed by atoms with van der Waals surface area (Å²) >= 11 is 6.24. The Labute approximate surface area is 174 Å². The SMILES string of the molecule is COc1cc(C(=O)Nc2cc(C(C)(C)C)nn2-c2ccccn2)cc(Cl)c1OC. The second-order valence-corrected chi connectivity index (χ2v) is 7.82. The lowest BCUT2D eigenvalue weighted by Crippen LogP contribution is -2.16. The van der Waals surface area contributed by atoms with Crippen LogP contribution in [0.3, 0.4) is 0 Å². The molecule has 3 rings (SSSR count). The standard InChI is InChI=1S/C21H23ClN4O3/c1-21(2,3)16-12-18(26(25-16)17-8-6-7-9-23-17)24-20(27)13-10-14(22)19(29-5)15(11-13)28-4/h6-12H,1-5H3,(H,24,27). The first kappa shape index (κ1) is 20.7. The van der Waals surface area contributed by atoms with Crippen LogP contribution in [0.25, 0.3) is 5.82 Å². The van der Waals surface area contributed by atoms with Crippen LogP contribution in [-0.4, -0.2) is 34.9 Å². The smallest absolute Gasteiger partial charge is 0.257 e. The van der Waals surface area contributed by atoms with Crippen LogP contribution in [0.5, 0.6) is 11.5 Å². The number of rotatable bonds is 5. The van der Waals surface area contributed by atoms with Crippen molar-refractivity contribution in [3.8, 4) is 17.3 Å². The van der Waals surface area contributed by atoms with E-state index in [-0.39, 0.29) is 16.3 Å². The summed E-state index contributed by atoms with van der Waals surface area (Å²) in [4.78, 5) is 17.3. The number of hydrogen-bond donors (Lipinski definition) is 1. The van der Waals surface area contributed by atoms with E-state index in [0.717, 1.165) is 5.69 Å². The third kappa shape index (κ3) is 4.35. The predicted molar refractivity (Wildman–Crippen MR) is 113 cm³/mol. The van der Waals surface area contributed by atoms with Crippen molar-refractivity contribution in [2.24, 2.45) is 0 Å². The maximum absolute atomic E-state index is 12.9. The molecule has 0 radical (unpaired) electrons. The topological polar surface area (TPSA) is 78.3 Å². The highest BCUT2D eigenvalue weighted by Crippen LogP contribution is 2.36. The van der Waals surface area contributed by atoms with E-state index < -0.39 is 0 Å². The van der Waals surface area contributed by atoms with E-state index in [9.17, 15) is 4.79 Å². The van der Waals surface area contributed by atoms with Gasteiger partial charge >= 0.3 is 0 Å². The largest absolute Gasteiger partial charge is 0.493 e. The Morgan fingerprint density at radius 2 is 1.90 bits per heavy atom. The first-order valence-electron chi connectivity index (χ1n) is 8.99. The molecule has 0 aliphatic rings. The van der Waals surface area contributed by atoms with Gasteiger partial charge < -0.3 is 14.8 Å². The van der Waals surface area contributed by atoms with E-state index in [2.05, 4.69) is 36.2 Å². The molecule has 29 heavy (non-hydrogen) atoms. The van der Waals surface area contributed by atoms with Crippen LogP contribution in [0.2, 0.25) is 5.02 Å². The van der Waals surface area contributed by atoms with E-state index in [1.54, 1.807) is 16.9 Å². The Bertz CT molecular complexity index is 1030. The number of hydrogen-bond acceptors (Lipinski definition) is 5. The molecule has 8 heteroatoms. The van der Waals surface area contributed by atoms with Crippen LogP contribution in [0, 0.1) is 0 Å². The summed E-state index contributed by atoms with van der Waals surface area (Å²) in [6.45, 7) is 6.16. The molecule has 0 aliphatic heterocycles. The van der Waals surface area contributed by atoms with Crippen molar-refractivity contribution in [3.63, 3.8) is 0 Å². The molecule has 1 amide bonds. The zero-order valence-corrected chi connectivity index (χ0v) is 17.7. The molecule has 7 nitrogen and oxygen atoms in total. The number of nitrogens with zero attached hydrogens (tertiary/aromatic N) is 3. The number of methoxy groups -OCH3 is 2. The second kappa shape index (κ2) is 8.13. The molecule has 1 N–H and O–H groups in total. The number of carbonyl (C=O) groups excluding carboxylic acids is 1. The second-order valence-electron chi connectivity index (χ2n) is 7.41. The van der Waals surface area contributed by atoms with Gasteiger partial charge in [0, 0.05) is 23.2 Å². The summed E-state index contributed by atoms with van der Waals surface area (Å²) in [7, 11) is 2.98. The van der Waals surface area contributed by atoms with Gasteiger partial charge in [-0.3, -0.25) is 4.79 Å². The molecule has 0 bridgehead atoms. The number of nitrogens with one attached hydrogen (secondary N) is 1. The lowest BCUT2D eigenvalue weighted by atomic mass is 9.92. The fourth-order valence-electron chi connectivity index (χ4n) is 2.73. The van der Waals surface area contributed by atoms with Gasteiger partial charge in [0.05, 0.1) is 24.9 Å². The highest BCUT2D eigenvalue weighted by atomic mass is 35.5. The molecular weight excluding hydrogens is 392 g/mol. The Morgan fingerprint density at radius 1 is 1.14 bits per heavy atom. The molecule has 0 unspecified atom stereocenters. The Morgan fingerprint density at radius 3 is 2.48 bits per heavy atom. The van der Waals surface area contributed by atoms with E-state index in [4.69, 9.17) is 21.1 Å². The number of aromatic nitrogens is 3. The van der Waals surface area contributed by atoms with Gasteiger partial charge in [-0.05, 0) is 24.3 Å². The molecule has 0 saturated carbocycles. The quantitative estimate of drug-likeness (QED) is 0.665. The van der Waals surface area contributed by atoms with E-state index in [0.29, 0.717) is 28.7 Å². The fourth-order valence-corrected chi connectivity index (χ4v) is 3.02. The molecule has 3 aromatic rings. The predicted octanol–water partition coefficient (Wildman–Crippen LogP) is 4.49. The van der Waals surface area contributed by atoms with Gasteiger partial charge in [0.25, 0.3) is 5.91 Å². The fraction of sp³-hybridized carbons (Fsp3) is 0.286. The van der Waals surface area contributed by atoms with Crippen molar-refractivity contribution < 1.29 is 14.3 Å². The first-order valence-corrected chi connectivity index (χ1v) is 9.37. The van der Waals surface area contributed by atoms with Gasteiger partial charge in [-0.25, -0.2) is 4.98 Å². The average Bonchev–Trinajstić information content (AvgIpc) is 3.12. The normalized spacial score (nSPS) is 11.2. The number of benzene rings is 1. The zero-order chi connectivity index (χ0) is 21.2. The number of ether oxygens (including phenoxy) is 2. The highest BCUT2D eigenvalue weighted by Gasteiger charge is 2.23. The van der Waals surface area contributed by atoms with Crippen molar-refractivity contribution in [1.82, 2.24) is 14.8 Å². The maximum Gasteiger partial charge on any atom is 0.257 e. The maximum atomic E-state index is 12.9. The molecule has 1 aromatic carbocycles. The van der Waals surface area contributed by atoms with Gasteiger partial charge in [0.15, 0.2) is 17.3 Å². The number of anilines is 1. The van der Waals surface area contributed by atoms with Gasteiger partial charge in [-0.1, -0.05) is 38.4 Å². The van der Waals surface area contributed by atoms with Gasteiger partial charge in [0.2, 0.25) is 0 Å². The molecule has 0 spiro atoms. The number of halogens is 1. The average molecular weight is 415 g/mol. The van der Waals surface area contributed by atoms with E-state index in [1.807, 2.05) is 24.3 Å². The summed E-state index contributed by atoms with van der Waals surface area (Å²) in [6, 6.07) is 10.5. The molecule has 0 aliphatic carbocycles. The van der Waals surface area contributed by atoms with Crippen LogP contribution in [0.15, 0.2) is 42.6 Å².